The molecule has 0 saturated heterocycles. The SMILES string of the molecule is CC(=O)OC(C)C(=O)Nc1c(I)c(C(N)=O)c(I)c(C(=O)Cl)c1I. The Morgan fingerprint density at radius 1 is 1.08 bits per heavy atom. The van der Waals surface area contributed by atoms with Gasteiger partial charge in [0.1, 0.15) is 0 Å². The Hall–Kier alpha value is -0.220. The zero-order valence-electron chi connectivity index (χ0n) is 12.2. The summed E-state index contributed by atoms with van der Waals surface area (Å²) in [6, 6.07) is 0. The maximum atomic E-state index is 12.2. The van der Waals surface area contributed by atoms with E-state index in [4.69, 9.17) is 22.1 Å². The number of nitrogens with two attached hydrogens (primary N) is 1. The second kappa shape index (κ2) is 8.93. The molecule has 0 fully saturated rings. The second-order valence-corrected chi connectivity index (χ2v) is 8.03. The highest BCUT2D eigenvalue weighted by atomic mass is 127. The number of esters is 1. The van der Waals surface area contributed by atoms with Crippen molar-refractivity contribution in [3.05, 3.63) is 21.8 Å². The third-order valence-electron chi connectivity index (χ3n) is 2.72. The molecule has 130 valence electrons. The van der Waals surface area contributed by atoms with Crippen LogP contribution < -0.4 is 11.1 Å². The maximum Gasteiger partial charge on any atom is 0.303 e. The van der Waals surface area contributed by atoms with Crippen LogP contribution in [0.5, 0.6) is 0 Å². The number of halogens is 4. The van der Waals surface area contributed by atoms with Crippen LogP contribution in [0.3, 0.4) is 0 Å². The molecule has 0 aliphatic heterocycles. The van der Waals surface area contributed by atoms with E-state index in [1.807, 2.05) is 45.2 Å². The lowest BCUT2D eigenvalue weighted by Gasteiger charge is -2.18. The fraction of sp³-hybridized carbons (Fsp3) is 0.231. The van der Waals surface area contributed by atoms with E-state index >= 15 is 0 Å². The van der Waals surface area contributed by atoms with Crippen molar-refractivity contribution in [2.75, 3.05) is 5.32 Å². The highest BCUT2D eigenvalue weighted by molar-refractivity contribution is 14.1. The fourth-order valence-corrected chi connectivity index (χ4v) is 6.66. The van der Waals surface area contributed by atoms with Gasteiger partial charge in [0.15, 0.2) is 6.10 Å². The van der Waals surface area contributed by atoms with Crippen LogP contribution in [-0.2, 0) is 14.3 Å². The summed E-state index contributed by atoms with van der Waals surface area (Å²) < 4.78 is 5.82. The average Bonchev–Trinajstić information content (AvgIpc) is 2.41. The number of nitrogens with one attached hydrogen (secondary N) is 1. The van der Waals surface area contributed by atoms with Crippen molar-refractivity contribution in [3.63, 3.8) is 0 Å². The van der Waals surface area contributed by atoms with E-state index in [0.29, 0.717) is 10.7 Å². The number of carbonyl (C=O) groups excluding carboxylic acids is 4. The molecule has 0 heterocycles. The van der Waals surface area contributed by atoms with Gasteiger partial charge < -0.3 is 15.8 Å². The zero-order valence-corrected chi connectivity index (χ0v) is 19.4. The summed E-state index contributed by atoms with van der Waals surface area (Å²) in [5.41, 5.74) is 5.73. The van der Waals surface area contributed by atoms with Gasteiger partial charge in [-0.1, -0.05) is 0 Å². The van der Waals surface area contributed by atoms with E-state index < -0.39 is 29.1 Å². The second-order valence-electron chi connectivity index (χ2n) is 4.45. The van der Waals surface area contributed by atoms with Crippen molar-refractivity contribution in [1.29, 1.82) is 0 Å². The van der Waals surface area contributed by atoms with Gasteiger partial charge in [-0.3, -0.25) is 19.2 Å². The van der Waals surface area contributed by atoms with Gasteiger partial charge in [0.2, 0.25) is 0 Å². The number of rotatable bonds is 5. The summed E-state index contributed by atoms with van der Waals surface area (Å²) in [6.45, 7) is 2.57. The normalized spacial score (nSPS) is 11.6. The van der Waals surface area contributed by atoms with E-state index in [9.17, 15) is 19.2 Å². The third kappa shape index (κ3) is 4.91. The number of primary amides is 1. The maximum absolute atomic E-state index is 12.2. The minimum Gasteiger partial charge on any atom is -0.453 e. The molecule has 0 aromatic heterocycles. The quantitative estimate of drug-likeness (QED) is 0.281. The summed E-state index contributed by atoms with van der Waals surface area (Å²) in [7, 11) is 0. The van der Waals surface area contributed by atoms with Gasteiger partial charge in [-0.15, -0.1) is 0 Å². The zero-order chi connectivity index (χ0) is 18.8. The first-order valence-electron chi connectivity index (χ1n) is 6.17. The molecule has 1 unspecified atom stereocenters. The predicted octanol–water partition coefficient (Wildman–Crippen LogP) is 2.87. The van der Waals surface area contributed by atoms with Crippen molar-refractivity contribution in [2.45, 2.75) is 20.0 Å². The van der Waals surface area contributed by atoms with Crippen LogP contribution in [0, 0.1) is 10.7 Å². The molecule has 7 nitrogen and oxygen atoms in total. The Balaban J connectivity index is 3.48. The Morgan fingerprint density at radius 2 is 1.58 bits per heavy atom. The number of benzene rings is 1. The molecule has 11 heteroatoms. The van der Waals surface area contributed by atoms with Crippen LogP contribution in [0.15, 0.2) is 0 Å². The van der Waals surface area contributed by atoms with Gasteiger partial charge in [-0.2, -0.15) is 0 Å². The van der Waals surface area contributed by atoms with Crippen molar-refractivity contribution in [3.8, 4) is 0 Å². The van der Waals surface area contributed by atoms with Gasteiger partial charge >= 0.3 is 5.97 Å². The van der Waals surface area contributed by atoms with E-state index in [2.05, 4.69) is 5.32 Å². The van der Waals surface area contributed by atoms with E-state index in [1.54, 1.807) is 22.6 Å². The van der Waals surface area contributed by atoms with Crippen LogP contribution in [0.2, 0.25) is 0 Å². The predicted molar refractivity (Wildman–Crippen MR) is 113 cm³/mol. The van der Waals surface area contributed by atoms with Crippen LogP contribution in [0.1, 0.15) is 34.6 Å². The van der Waals surface area contributed by atoms with Crippen molar-refractivity contribution in [2.24, 2.45) is 5.73 Å². The lowest BCUT2D eigenvalue weighted by Crippen LogP contribution is -2.30. The fourth-order valence-electron chi connectivity index (χ4n) is 1.69. The number of hydrogen-bond acceptors (Lipinski definition) is 5. The molecule has 1 atom stereocenters. The number of carbonyl (C=O) groups is 4. The molecule has 24 heavy (non-hydrogen) atoms. The van der Waals surface area contributed by atoms with Gasteiger partial charge in [-0.05, 0) is 86.3 Å². The molecule has 0 saturated carbocycles. The molecule has 2 amide bonds. The Kier molecular flexibility index (Phi) is 8.12. The van der Waals surface area contributed by atoms with Crippen LogP contribution in [0.4, 0.5) is 5.69 Å². The summed E-state index contributed by atoms with van der Waals surface area (Å²) >= 11 is 11.1. The van der Waals surface area contributed by atoms with Crippen molar-refractivity contribution in [1.82, 2.24) is 0 Å². The molecule has 0 spiro atoms. The summed E-state index contributed by atoms with van der Waals surface area (Å²) in [5, 5.41) is 1.76. The monoisotopic (exact) mass is 690 g/mol. The lowest BCUT2D eigenvalue weighted by molar-refractivity contribution is -0.150. The molecule has 0 bridgehead atoms. The summed E-state index contributed by atoms with van der Waals surface area (Å²) in [6.07, 6.45) is -1.06. The molecular weight excluding hydrogens is 680 g/mol. The van der Waals surface area contributed by atoms with Gasteiger partial charge in [-0.25, -0.2) is 0 Å². The molecule has 1 rings (SSSR count). The molecular formula is C13H10ClI3N2O5. The standard InChI is InChI=1S/C13H10ClI3N2O5/c1-3(24-4(2)20)13(23)19-10-8(16)5(11(14)21)7(15)6(9(10)17)12(18)22/h3H,1-2H3,(H2,18,22)(H,19,23). The highest BCUT2D eigenvalue weighted by Gasteiger charge is 2.28. The first-order chi connectivity index (χ1) is 11.0. The Labute approximate surface area is 183 Å². The number of anilines is 1. The van der Waals surface area contributed by atoms with Crippen molar-refractivity contribution >= 4 is 108 Å². The van der Waals surface area contributed by atoms with E-state index in [1.165, 1.54) is 13.8 Å². The first kappa shape index (κ1) is 21.8. The minimum absolute atomic E-state index is 0.0718. The number of ether oxygens (including phenoxy) is 1. The average molecular weight is 690 g/mol. The van der Waals surface area contributed by atoms with E-state index in [-0.39, 0.29) is 16.8 Å². The molecule has 0 aliphatic carbocycles. The Morgan fingerprint density at radius 3 is 2.00 bits per heavy atom. The molecule has 1 aromatic carbocycles. The minimum atomic E-state index is -1.06. The van der Waals surface area contributed by atoms with E-state index in [0.717, 1.165) is 0 Å². The largest absolute Gasteiger partial charge is 0.453 e. The lowest BCUT2D eigenvalue weighted by atomic mass is 10.1. The molecule has 0 radical (unpaired) electrons. The first-order valence-corrected chi connectivity index (χ1v) is 9.78. The smallest absolute Gasteiger partial charge is 0.303 e. The van der Waals surface area contributed by atoms with Gasteiger partial charge in [0.25, 0.3) is 17.1 Å². The van der Waals surface area contributed by atoms with Crippen LogP contribution in [-0.4, -0.2) is 29.1 Å². The van der Waals surface area contributed by atoms with Crippen LogP contribution >= 0.6 is 79.4 Å². The third-order valence-corrected chi connectivity index (χ3v) is 6.15. The van der Waals surface area contributed by atoms with Crippen molar-refractivity contribution < 1.29 is 23.9 Å². The van der Waals surface area contributed by atoms with Crippen LogP contribution in [0.25, 0.3) is 0 Å². The van der Waals surface area contributed by atoms with Gasteiger partial charge in [0, 0.05) is 10.5 Å². The number of hydrogen-bond donors (Lipinski definition) is 2. The number of amides is 2. The topological polar surface area (TPSA) is 116 Å². The Bertz CT molecular complexity index is 713. The molecule has 0 aliphatic rings. The molecule has 3 N–H and O–H groups in total. The van der Waals surface area contributed by atoms with Gasteiger partial charge in [0.05, 0.1) is 24.0 Å². The highest BCUT2D eigenvalue weighted by Crippen LogP contribution is 2.36. The molecule has 1 aromatic rings. The summed E-state index contributed by atoms with van der Waals surface area (Å²) in [4.78, 5) is 46.5. The summed E-state index contributed by atoms with van der Waals surface area (Å²) in [5.74, 6) is -1.99.